The molecule has 0 aromatic heterocycles. The number of rotatable bonds is 10. The number of nitrogens with zero attached hydrogens (tertiary/aromatic N) is 4. The van der Waals surface area contributed by atoms with Crippen LogP contribution >= 0.6 is 0 Å². The van der Waals surface area contributed by atoms with Crippen molar-refractivity contribution >= 4 is 23.9 Å². The minimum absolute atomic E-state index is 0.0713. The number of hydrogen-bond donors (Lipinski definition) is 0. The van der Waals surface area contributed by atoms with Crippen LogP contribution in [0, 0.1) is 0 Å². The third-order valence-electron chi connectivity index (χ3n) is 7.18. The highest BCUT2D eigenvalue weighted by atomic mass is 16.6. The average Bonchev–Trinajstić information content (AvgIpc) is 3.62. The van der Waals surface area contributed by atoms with E-state index in [4.69, 9.17) is 18.9 Å². The van der Waals surface area contributed by atoms with E-state index in [1.54, 1.807) is 34.6 Å². The molecule has 5 aliphatic heterocycles. The van der Waals surface area contributed by atoms with Crippen molar-refractivity contribution in [1.82, 2.24) is 19.6 Å². The Kier molecular flexibility index (Phi) is 5.43. The fraction of sp³-hybridized carbons (Fsp3) is 0.818. The van der Waals surface area contributed by atoms with Gasteiger partial charge in [-0.05, 0) is 34.6 Å². The van der Waals surface area contributed by atoms with E-state index in [2.05, 4.69) is 0 Å². The lowest BCUT2D eigenvalue weighted by Gasteiger charge is -2.36. The van der Waals surface area contributed by atoms with E-state index in [1.807, 2.05) is 0 Å². The van der Waals surface area contributed by atoms with Gasteiger partial charge in [0.1, 0.15) is 17.2 Å². The van der Waals surface area contributed by atoms with Crippen LogP contribution in [0.1, 0.15) is 34.6 Å². The lowest BCUT2D eigenvalue weighted by Crippen LogP contribution is -2.60. The van der Waals surface area contributed by atoms with Crippen molar-refractivity contribution in [1.29, 1.82) is 0 Å². The molecule has 0 N–H and O–H groups in total. The normalized spacial score (nSPS) is 33.1. The van der Waals surface area contributed by atoms with Crippen LogP contribution in [0.25, 0.3) is 0 Å². The van der Waals surface area contributed by atoms with Crippen LogP contribution in [0.3, 0.4) is 0 Å². The summed E-state index contributed by atoms with van der Waals surface area (Å²) in [5.41, 5.74) is -2.33. The molecule has 5 saturated heterocycles. The molecule has 34 heavy (non-hydrogen) atoms. The quantitative estimate of drug-likeness (QED) is 0.316. The van der Waals surface area contributed by atoms with Gasteiger partial charge < -0.3 is 28.7 Å². The fourth-order valence-corrected chi connectivity index (χ4v) is 4.61. The van der Waals surface area contributed by atoms with E-state index < -0.39 is 47.2 Å². The van der Waals surface area contributed by atoms with Gasteiger partial charge in [0.15, 0.2) is 6.17 Å². The van der Waals surface area contributed by atoms with Gasteiger partial charge in [-0.25, -0.2) is 19.4 Å². The predicted octanol–water partition coefficient (Wildman–Crippen LogP) is -0.000400. The molecule has 5 rings (SSSR count). The van der Waals surface area contributed by atoms with Crippen molar-refractivity contribution in [2.45, 2.75) is 76.3 Å². The van der Waals surface area contributed by atoms with E-state index in [1.165, 1.54) is 9.80 Å². The Morgan fingerprint density at radius 3 is 1.53 bits per heavy atom. The predicted molar refractivity (Wildman–Crippen MR) is 114 cm³/mol. The third kappa shape index (κ3) is 3.86. The number of carbonyl (C=O) groups excluding carboxylic acids is 4. The molecule has 0 saturated carbocycles. The third-order valence-corrected chi connectivity index (χ3v) is 7.18. The second kappa shape index (κ2) is 7.87. The Balaban J connectivity index is 1.49. The summed E-state index contributed by atoms with van der Waals surface area (Å²) in [5.74, 6) is -0.993. The molecule has 12 nitrogen and oxygen atoms in total. The number of hydrogen-bond acceptors (Lipinski definition) is 8. The summed E-state index contributed by atoms with van der Waals surface area (Å²) in [4.78, 5) is 59.4. The molecule has 0 aliphatic carbocycles. The van der Waals surface area contributed by atoms with Crippen molar-refractivity contribution in [2.24, 2.45) is 0 Å². The first-order valence-electron chi connectivity index (χ1n) is 11.7. The highest BCUT2D eigenvalue weighted by Crippen LogP contribution is 2.38. The molecule has 0 aromatic carbocycles. The highest BCUT2D eigenvalue weighted by molar-refractivity contribution is 6.10. The number of carbonyl (C=O) groups is 4. The molecule has 5 heterocycles. The van der Waals surface area contributed by atoms with Gasteiger partial charge in [0.05, 0.1) is 57.8 Å². The second-order valence-electron chi connectivity index (χ2n) is 10.6. The monoisotopic (exact) mass is 480 g/mol. The maximum atomic E-state index is 13.6. The standard InChI is InChI=1S/C22H32N4O8/c1-12(31-10-15-11-34-15)16(25-17(27)21(2,3)23(19(25)29)6-13-8-32-13)26-18(28)22(4,5)24(20(26)30)7-14-9-33-14/h12-16H,6-11H2,1-5H3. The van der Waals surface area contributed by atoms with Gasteiger partial charge in [-0.15, -0.1) is 0 Å². The molecule has 5 fully saturated rings. The van der Waals surface area contributed by atoms with Crippen LogP contribution in [0.2, 0.25) is 0 Å². The van der Waals surface area contributed by atoms with Crippen molar-refractivity contribution in [2.75, 3.05) is 39.5 Å². The number of epoxide rings is 3. The van der Waals surface area contributed by atoms with Gasteiger partial charge in [0.25, 0.3) is 11.8 Å². The van der Waals surface area contributed by atoms with E-state index in [9.17, 15) is 19.2 Å². The van der Waals surface area contributed by atoms with Crippen LogP contribution in [0.4, 0.5) is 9.59 Å². The van der Waals surface area contributed by atoms with E-state index in [0.29, 0.717) is 19.8 Å². The van der Waals surface area contributed by atoms with Gasteiger partial charge in [0.2, 0.25) is 0 Å². The van der Waals surface area contributed by atoms with Crippen molar-refractivity contribution in [3.63, 3.8) is 0 Å². The molecule has 188 valence electrons. The van der Waals surface area contributed by atoms with Crippen molar-refractivity contribution in [3.05, 3.63) is 0 Å². The Morgan fingerprint density at radius 1 is 0.794 bits per heavy atom. The summed E-state index contributed by atoms with van der Waals surface area (Å²) >= 11 is 0. The summed E-state index contributed by atoms with van der Waals surface area (Å²) in [6, 6.07) is -1.15. The van der Waals surface area contributed by atoms with Gasteiger partial charge >= 0.3 is 12.1 Å². The van der Waals surface area contributed by atoms with E-state index >= 15 is 0 Å². The molecular formula is C22H32N4O8. The second-order valence-corrected chi connectivity index (χ2v) is 10.6. The summed E-state index contributed by atoms with van der Waals surface area (Å²) in [5, 5.41) is 0. The number of ether oxygens (including phenoxy) is 4. The molecule has 4 unspecified atom stereocenters. The number of imide groups is 2. The van der Waals surface area contributed by atoms with Crippen LogP contribution in [-0.2, 0) is 28.5 Å². The highest BCUT2D eigenvalue weighted by Gasteiger charge is 2.62. The zero-order valence-electron chi connectivity index (χ0n) is 20.2. The van der Waals surface area contributed by atoms with Crippen molar-refractivity contribution in [3.8, 4) is 0 Å². The Hall–Kier alpha value is -2.28. The van der Waals surface area contributed by atoms with E-state index in [-0.39, 0.29) is 38.0 Å². The number of urea groups is 2. The van der Waals surface area contributed by atoms with Gasteiger partial charge in [-0.3, -0.25) is 9.59 Å². The Labute approximate surface area is 198 Å². The first-order chi connectivity index (χ1) is 15.9. The lowest BCUT2D eigenvalue weighted by atomic mass is 10.0. The first-order valence-corrected chi connectivity index (χ1v) is 11.7. The Bertz CT molecular complexity index is 849. The number of amides is 6. The average molecular weight is 481 g/mol. The molecule has 6 amide bonds. The zero-order valence-corrected chi connectivity index (χ0v) is 20.2. The van der Waals surface area contributed by atoms with Crippen LogP contribution in [0.15, 0.2) is 0 Å². The molecule has 5 aliphatic rings. The maximum absolute atomic E-state index is 13.6. The van der Waals surface area contributed by atoms with Crippen LogP contribution in [-0.4, -0.2) is 125 Å². The zero-order chi connectivity index (χ0) is 24.6. The van der Waals surface area contributed by atoms with Crippen LogP contribution in [0.5, 0.6) is 0 Å². The molecule has 4 atom stereocenters. The maximum Gasteiger partial charge on any atom is 0.329 e. The summed E-state index contributed by atoms with van der Waals surface area (Å²) < 4.78 is 21.7. The minimum Gasteiger partial charge on any atom is -0.372 e. The lowest BCUT2D eigenvalue weighted by molar-refractivity contribution is -0.146. The summed E-state index contributed by atoms with van der Waals surface area (Å²) in [7, 11) is 0. The van der Waals surface area contributed by atoms with Crippen LogP contribution < -0.4 is 0 Å². The molecule has 0 spiro atoms. The molecular weight excluding hydrogens is 448 g/mol. The molecule has 12 heteroatoms. The van der Waals surface area contributed by atoms with Gasteiger partial charge in [-0.2, -0.15) is 0 Å². The summed E-state index contributed by atoms with van der Waals surface area (Å²) in [6.45, 7) is 10.6. The molecule has 0 radical (unpaired) electrons. The smallest absolute Gasteiger partial charge is 0.329 e. The SMILES string of the molecule is CC(OCC1CO1)C(N1C(=O)N(CC2CO2)C(C)(C)C1=O)N1C(=O)N(CC2CO2)C(C)(C)C1=O. The largest absolute Gasteiger partial charge is 0.372 e. The van der Waals surface area contributed by atoms with E-state index in [0.717, 1.165) is 9.80 Å². The minimum atomic E-state index is -1.24. The molecule has 0 aromatic rings. The van der Waals surface area contributed by atoms with Gasteiger partial charge in [0, 0.05) is 0 Å². The topological polar surface area (TPSA) is 128 Å². The van der Waals surface area contributed by atoms with Gasteiger partial charge in [-0.1, -0.05) is 0 Å². The fourth-order valence-electron chi connectivity index (χ4n) is 4.61. The first kappa shape index (κ1) is 23.5. The van der Waals surface area contributed by atoms with Crippen molar-refractivity contribution < 1.29 is 38.1 Å². The summed E-state index contributed by atoms with van der Waals surface area (Å²) in [6.07, 6.45) is -2.40. The Morgan fingerprint density at radius 2 is 1.18 bits per heavy atom. The molecule has 0 bridgehead atoms.